The first-order valence-electron chi connectivity index (χ1n) is 7.14. The normalized spacial score (nSPS) is 10.9. The van der Waals surface area contributed by atoms with Crippen LogP contribution >= 0.6 is 23.2 Å². The van der Waals surface area contributed by atoms with Gasteiger partial charge in [0.25, 0.3) is 5.91 Å². The van der Waals surface area contributed by atoms with Crippen molar-refractivity contribution in [1.82, 2.24) is 0 Å². The maximum Gasteiger partial charge on any atom is 0.338 e. The van der Waals surface area contributed by atoms with E-state index in [0.717, 1.165) is 6.26 Å². The van der Waals surface area contributed by atoms with Gasteiger partial charge in [0.05, 0.1) is 27.6 Å². The molecule has 138 valence electrons. The second-order valence-corrected chi connectivity index (χ2v) is 7.74. The largest absolute Gasteiger partial charge is 0.452 e. The van der Waals surface area contributed by atoms with Gasteiger partial charge in [0.2, 0.25) is 10.0 Å². The molecule has 0 aliphatic heterocycles. The van der Waals surface area contributed by atoms with Gasteiger partial charge in [0.1, 0.15) is 0 Å². The Balaban J connectivity index is 1.98. The molecule has 0 aromatic heterocycles. The zero-order chi connectivity index (χ0) is 19.3. The van der Waals surface area contributed by atoms with Crippen molar-refractivity contribution >= 4 is 56.5 Å². The SMILES string of the molecule is CS(=O)(=O)Nc1cccc(C(=O)OCC(=O)Nc2c(Cl)cccc2Cl)c1. The fraction of sp³-hybridized carbons (Fsp3) is 0.125. The van der Waals surface area contributed by atoms with Crippen LogP contribution in [0, 0.1) is 0 Å². The first kappa shape index (κ1) is 20.0. The molecule has 0 bridgehead atoms. The van der Waals surface area contributed by atoms with E-state index in [9.17, 15) is 18.0 Å². The Kier molecular flexibility index (Phi) is 6.47. The van der Waals surface area contributed by atoms with Crippen molar-refractivity contribution in [1.29, 1.82) is 0 Å². The first-order chi connectivity index (χ1) is 12.2. The highest BCUT2D eigenvalue weighted by atomic mass is 35.5. The molecule has 0 radical (unpaired) electrons. The van der Waals surface area contributed by atoms with E-state index in [1.165, 1.54) is 24.3 Å². The summed E-state index contributed by atoms with van der Waals surface area (Å²) >= 11 is 11.9. The van der Waals surface area contributed by atoms with Crippen LogP contribution in [0.4, 0.5) is 11.4 Å². The predicted octanol–water partition coefficient (Wildman–Crippen LogP) is 3.16. The summed E-state index contributed by atoms with van der Waals surface area (Å²) in [6.07, 6.45) is 0.988. The number of nitrogens with one attached hydrogen (secondary N) is 2. The van der Waals surface area contributed by atoms with E-state index in [0.29, 0.717) is 0 Å². The summed E-state index contributed by atoms with van der Waals surface area (Å²) in [5, 5.41) is 2.95. The minimum atomic E-state index is -3.48. The highest BCUT2D eigenvalue weighted by Gasteiger charge is 2.14. The van der Waals surface area contributed by atoms with Crippen molar-refractivity contribution in [3.63, 3.8) is 0 Å². The number of carbonyl (C=O) groups is 2. The highest BCUT2D eigenvalue weighted by Crippen LogP contribution is 2.29. The van der Waals surface area contributed by atoms with Crippen molar-refractivity contribution < 1.29 is 22.7 Å². The molecule has 0 spiro atoms. The van der Waals surface area contributed by atoms with Crippen LogP contribution in [0.1, 0.15) is 10.4 Å². The third-order valence-electron chi connectivity index (χ3n) is 2.96. The Morgan fingerprint density at radius 3 is 2.31 bits per heavy atom. The molecule has 0 fully saturated rings. The molecule has 0 aliphatic rings. The Morgan fingerprint density at radius 2 is 1.69 bits per heavy atom. The molecule has 0 aliphatic carbocycles. The molecule has 0 atom stereocenters. The molecule has 2 aromatic carbocycles. The molecular weight excluding hydrogens is 403 g/mol. The summed E-state index contributed by atoms with van der Waals surface area (Å²) in [7, 11) is -3.48. The van der Waals surface area contributed by atoms with Crippen LogP contribution in [0.25, 0.3) is 0 Å². The summed E-state index contributed by atoms with van der Waals surface area (Å²) in [4.78, 5) is 23.9. The second kappa shape index (κ2) is 8.39. The number of sulfonamides is 1. The zero-order valence-corrected chi connectivity index (χ0v) is 15.8. The molecule has 0 saturated carbocycles. The van der Waals surface area contributed by atoms with Crippen LogP contribution in [0.3, 0.4) is 0 Å². The lowest BCUT2D eigenvalue weighted by Gasteiger charge is -2.10. The molecule has 0 saturated heterocycles. The molecule has 0 heterocycles. The minimum absolute atomic E-state index is 0.0854. The molecular formula is C16H14Cl2N2O5S. The predicted molar refractivity (Wildman–Crippen MR) is 100 cm³/mol. The van der Waals surface area contributed by atoms with Crippen LogP contribution in [0.2, 0.25) is 10.0 Å². The first-order valence-corrected chi connectivity index (χ1v) is 9.79. The van der Waals surface area contributed by atoms with Gasteiger partial charge in [-0.3, -0.25) is 9.52 Å². The molecule has 1 amide bonds. The molecule has 0 unspecified atom stereocenters. The van der Waals surface area contributed by atoms with Crippen LogP contribution in [0.15, 0.2) is 42.5 Å². The number of amides is 1. The van der Waals surface area contributed by atoms with Gasteiger partial charge in [0.15, 0.2) is 6.61 Å². The summed E-state index contributed by atoms with van der Waals surface area (Å²) < 4.78 is 29.6. The lowest BCUT2D eigenvalue weighted by Crippen LogP contribution is -2.21. The third kappa shape index (κ3) is 5.91. The fourth-order valence-corrected chi connectivity index (χ4v) is 2.98. The zero-order valence-electron chi connectivity index (χ0n) is 13.5. The van der Waals surface area contributed by atoms with E-state index >= 15 is 0 Å². The van der Waals surface area contributed by atoms with E-state index in [1.807, 2.05) is 0 Å². The fourth-order valence-electron chi connectivity index (χ4n) is 1.93. The van der Waals surface area contributed by atoms with Gasteiger partial charge in [-0.2, -0.15) is 0 Å². The maximum absolute atomic E-state index is 12.0. The standard InChI is InChI=1S/C16H14Cl2N2O5S/c1-26(23,24)20-11-5-2-4-10(8-11)16(22)25-9-14(21)19-15-12(17)6-3-7-13(15)18/h2-8,20H,9H2,1H3,(H,19,21). The van der Waals surface area contributed by atoms with Gasteiger partial charge in [0, 0.05) is 5.69 Å². The van der Waals surface area contributed by atoms with E-state index in [1.54, 1.807) is 18.2 Å². The second-order valence-electron chi connectivity index (χ2n) is 5.18. The molecule has 10 heteroatoms. The molecule has 2 aromatic rings. The molecule has 2 rings (SSSR count). The number of anilines is 2. The number of halogens is 2. The molecule has 26 heavy (non-hydrogen) atoms. The summed E-state index contributed by atoms with van der Waals surface area (Å²) in [5.41, 5.74) is 0.507. The monoisotopic (exact) mass is 416 g/mol. The van der Waals surface area contributed by atoms with Crippen molar-refractivity contribution in [2.75, 3.05) is 22.9 Å². The van der Waals surface area contributed by atoms with E-state index < -0.39 is 28.5 Å². The minimum Gasteiger partial charge on any atom is -0.452 e. The number of ether oxygens (including phenoxy) is 1. The maximum atomic E-state index is 12.0. The van der Waals surface area contributed by atoms with Gasteiger partial charge in [-0.1, -0.05) is 35.3 Å². The van der Waals surface area contributed by atoms with Crippen LogP contribution in [-0.2, 0) is 19.6 Å². The van der Waals surface area contributed by atoms with E-state index in [2.05, 4.69) is 10.0 Å². The van der Waals surface area contributed by atoms with Gasteiger partial charge < -0.3 is 10.1 Å². The number of esters is 1. The Labute approximate surface area is 160 Å². The molecule has 2 N–H and O–H groups in total. The third-order valence-corrected chi connectivity index (χ3v) is 4.20. The summed E-state index contributed by atoms with van der Waals surface area (Å²) in [6, 6.07) is 10.4. The Bertz CT molecular complexity index is 927. The van der Waals surface area contributed by atoms with Crippen molar-refractivity contribution in [2.24, 2.45) is 0 Å². The van der Waals surface area contributed by atoms with E-state index in [-0.39, 0.29) is 27.0 Å². The van der Waals surface area contributed by atoms with Crippen molar-refractivity contribution in [2.45, 2.75) is 0 Å². The topological polar surface area (TPSA) is 102 Å². The average Bonchev–Trinajstić information content (AvgIpc) is 2.55. The van der Waals surface area contributed by atoms with Gasteiger partial charge >= 0.3 is 5.97 Å². The summed E-state index contributed by atoms with van der Waals surface area (Å²) in [6.45, 7) is -0.565. The summed E-state index contributed by atoms with van der Waals surface area (Å²) in [5.74, 6) is -1.42. The smallest absolute Gasteiger partial charge is 0.338 e. The lowest BCUT2D eigenvalue weighted by molar-refractivity contribution is -0.119. The van der Waals surface area contributed by atoms with Crippen LogP contribution in [0.5, 0.6) is 0 Å². The Morgan fingerprint density at radius 1 is 1.08 bits per heavy atom. The number of carbonyl (C=O) groups excluding carboxylic acids is 2. The van der Waals surface area contributed by atoms with Crippen molar-refractivity contribution in [3.05, 3.63) is 58.1 Å². The number of benzene rings is 2. The van der Waals surface area contributed by atoms with E-state index in [4.69, 9.17) is 27.9 Å². The van der Waals surface area contributed by atoms with Gasteiger partial charge in [-0.05, 0) is 30.3 Å². The number of hydrogen-bond acceptors (Lipinski definition) is 5. The average molecular weight is 417 g/mol. The van der Waals surface area contributed by atoms with Crippen LogP contribution < -0.4 is 10.0 Å². The quantitative estimate of drug-likeness (QED) is 0.704. The Hall–Kier alpha value is -2.29. The van der Waals surface area contributed by atoms with Crippen LogP contribution in [-0.4, -0.2) is 33.2 Å². The number of rotatable bonds is 6. The number of para-hydroxylation sites is 1. The molecule has 7 nitrogen and oxygen atoms in total. The van der Waals surface area contributed by atoms with Gasteiger partial charge in [-0.25, -0.2) is 13.2 Å². The van der Waals surface area contributed by atoms with Gasteiger partial charge in [-0.15, -0.1) is 0 Å². The lowest BCUT2D eigenvalue weighted by atomic mass is 10.2. The van der Waals surface area contributed by atoms with Crippen molar-refractivity contribution in [3.8, 4) is 0 Å². The highest BCUT2D eigenvalue weighted by molar-refractivity contribution is 7.92. The number of hydrogen-bond donors (Lipinski definition) is 2.